The monoisotopic (exact) mass is 269 g/mol. The third-order valence-corrected chi connectivity index (χ3v) is 3.56. The van der Waals surface area contributed by atoms with Crippen LogP contribution in [0.15, 0.2) is 46.7 Å². The first-order chi connectivity index (χ1) is 8.45. The maximum Gasteiger partial charge on any atom is 0.244 e. The van der Waals surface area contributed by atoms with Crippen molar-refractivity contribution in [3.05, 3.63) is 41.8 Å². The Morgan fingerprint density at radius 2 is 2.00 bits per heavy atom. The zero-order valence-corrected chi connectivity index (χ0v) is 10.7. The molecule has 1 aromatic rings. The Balaban J connectivity index is 2.75. The van der Waals surface area contributed by atoms with Gasteiger partial charge in [-0.1, -0.05) is 18.2 Å². The van der Waals surface area contributed by atoms with Crippen molar-refractivity contribution >= 4 is 15.7 Å². The maximum atomic E-state index is 11.8. The normalized spacial score (nSPS) is 13.4. The van der Waals surface area contributed by atoms with Gasteiger partial charge in [0.2, 0.25) is 5.91 Å². The van der Waals surface area contributed by atoms with Crippen molar-refractivity contribution in [3.8, 4) is 0 Å². The van der Waals surface area contributed by atoms with E-state index in [1.54, 1.807) is 25.1 Å². The van der Waals surface area contributed by atoms with Gasteiger partial charge in [-0.05, 0) is 19.1 Å². The lowest BCUT2D eigenvalue weighted by Gasteiger charge is -2.07. The van der Waals surface area contributed by atoms with E-state index in [1.165, 1.54) is 12.1 Å². The van der Waals surface area contributed by atoms with E-state index in [1.807, 2.05) is 0 Å². The topological polar surface area (TPSA) is 83.5 Å². The van der Waals surface area contributed by atoms with E-state index in [4.69, 9.17) is 5.11 Å². The van der Waals surface area contributed by atoms with Crippen LogP contribution in [0.3, 0.4) is 0 Å². The van der Waals surface area contributed by atoms with Crippen molar-refractivity contribution < 1.29 is 18.3 Å². The van der Waals surface area contributed by atoms with Gasteiger partial charge < -0.3 is 10.4 Å². The Kier molecular flexibility index (Phi) is 5.06. The highest BCUT2D eigenvalue weighted by atomic mass is 32.2. The number of aliphatic hydroxyl groups is 1. The number of amides is 1. The minimum absolute atomic E-state index is 0.129. The molecule has 6 heteroatoms. The number of rotatable bonds is 5. The van der Waals surface area contributed by atoms with Crippen LogP contribution in [0.2, 0.25) is 0 Å². The Hall–Kier alpha value is -1.66. The van der Waals surface area contributed by atoms with Gasteiger partial charge in [-0.25, -0.2) is 8.42 Å². The van der Waals surface area contributed by atoms with Crippen LogP contribution in [0.5, 0.6) is 0 Å². The van der Waals surface area contributed by atoms with E-state index in [0.717, 1.165) is 11.5 Å². The molecular formula is C12H15NO4S. The second-order valence-corrected chi connectivity index (χ2v) is 5.59. The summed E-state index contributed by atoms with van der Waals surface area (Å²) < 4.78 is 23.6. The summed E-state index contributed by atoms with van der Waals surface area (Å²) in [7, 11) is -3.60. The number of benzene rings is 1. The van der Waals surface area contributed by atoms with Gasteiger partial charge in [0.25, 0.3) is 0 Å². The second-order valence-electron chi connectivity index (χ2n) is 3.75. The van der Waals surface area contributed by atoms with Gasteiger partial charge in [0, 0.05) is 17.5 Å². The van der Waals surface area contributed by atoms with Crippen LogP contribution in [0, 0.1) is 0 Å². The van der Waals surface area contributed by atoms with Crippen LogP contribution in [0.1, 0.15) is 6.92 Å². The van der Waals surface area contributed by atoms with E-state index in [9.17, 15) is 13.2 Å². The molecule has 0 aliphatic heterocycles. The number of aliphatic hydroxyl groups excluding tert-OH is 1. The molecule has 98 valence electrons. The molecule has 0 bridgehead atoms. The fourth-order valence-corrected chi connectivity index (χ4v) is 2.17. The first kappa shape index (κ1) is 14.4. The number of carbonyl (C=O) groups is 1. The standard InChI is InChI=1S/C12H15NO4S/c1-10(9-14)13-12(15)7-8-18(16,17)11-5-3-2-4-6-11/h2-8,10,14H,9H2,1H3,(H,13,15)/t10-/m1/s1. The first-order valence-corrected chi connectivity index (χ1v) is 6.90. The molecule has 1 rings (SSSR count). The number of carbonyl (C=O) groups excluding carboxylic acids is 1. The average Bonchev–Trinajstić information content (AvgIpc) is 2.37. The van der Waals surface area contributed by atoms with Crippen molar-refractivity contribution in [2.75, 3.05) is 6.61 Å². The van der Waals surface area contributed by atoms with Gasteiger partial charge in [-0.3, -0.25) is 4.79 Å². The predicted octanol–water partition coefficient (Wildman–Crippen LogP) is 0.471. The Labute approximate surface area is 106 Å². The Morgan fingerprint density at radius 1 is 1.39 bits per heavy atom. The summed E-state index contributed by atoms with van der Waals surface area (Å²) in [5, 5.41) is 12.0. The molecule has 1 atom stereocenters. The Morgan fingerprint density at radius 3 is 2.56 bits per heavy atom. The number of hydrogen-bond donors (Lipinski definition) is 2. The maximum absolute atomic E-state index is 11.8. The zero-order valence-electron chi connectivity index (χ0n) is 9.91. The van der Waals surface area contributed by atoms with Crippen molar-refractivity contribution in [2.45, 2.75) is 17.9 Å². The SMILES string of the molecule is C[C@H](CO)NC(=O)C=CS(=O)(=O)c1ccccc1. The molecule has 1 aromatic carbocycles. The van der Waals surface area contributed by atoms with Crippen molar-refractivity contribution in [2.24, 2.45) is 0 Å². The molecule has 5 nitrogen and oxygen atoms in total. The molecule has 0 unspecified atom stereocenters. The lowest BCUT2D eigenvalue weighted by molar-refractivity contribution is -0.117. The van der Waals surface area contributed by atoms with Crippen LogP contribution in [0.25, 0.3) is 0 Å². The highest BCUT2D eigenvalue weighted by molar-refractivity contribution is 7.94. The van der Waals surface area contributed by atoms with Crippen LogP contribution in [-0.2, 0) is 14.6 Å². The number of sulfone groups is 1. The minimum atomic E-state index is -3.60. The molecule has 0 aliphatic rings. The van der Waals surface area contributed by atoms with Gasteiger partial charge in [-0.15, -0.1) is 0 Å². The van der Waals surface area contributed by atoms with Gasteiger partial charge in [0.15, 0.2) is 9.84 Å². The smallest absolute Gasteiger partial charge is 0.244 e. The molecular weight excluding hydrogens is 254 g/mol. The highest BCUT2D eigenvalue weighted by Gasteiger charge is 2.10. The molecule has 0 saturated carbocycles. The van der Waals surface area contributed by atoms with Gasteiger partial charge in [0.1, 0.15) is 0 Å². The van der Waals surface area contributed by atoms with E-state index < -0.39 is 21.8 Å². The van der Waals surface area contributed by atoms with E-state index >= 15 is 0 Å². The summed E-state index contributed by atoms with van der Waals surface area (Å²) in [4.78, 5) is 11.4. The number of nitrogens with one attached hydrogen (secondary N) is 1. The predicted molar refractivity (Wildman–Crippen MR) is 67.5 cm³/mol. The largest absolute Gasteiger partial charge is 0.394 e. The van der Waals surface area contributed by atoms with Crippen LogP contribution < -0.4 is 5.32 Å². The lowest BCUT2D eigenvalue weighted by atomic mass is 10.3. The van der Waals surface area contributed by atoms with Crippen LogP contribution in [-0.4, -0.2) is 32.1 Å². The van der Waals surface area contributed by atoms with E-state index in [0.29, 0.717) is 0 Å². The fraction of sp³-hybridized carbons (Fsp3) is 0.250. The molecule has 0 aromatic heterocycles. The number of hydrogen-bond acceptors (Lipinski definition) is 4. The average molecular weight is 269 g/mol. The van der Waals surface area contributed by atoms with Crippen molar-refractivity contribution in [1.29, 1.82) is 0 Å². The summed E-state index contributed by atoms with van der Waals surface area (Å²) in [6, 6.07) is 7.41. The molecule has 18 heavy (non-hydrogen) atoms. The molecule has 0 aliphatic carbocycles. The molecule has 0 saturated heterocycles. The van der Waals surface area contributed by atoms with Crippen LogP contribution >= 0.6 is 0 Å². The second kappa shape index (κ2) is 6.32. The molecule has 1 amide bonds. The summed E-state index contributed by atoms with van der Waals surface area (Å²) >= 11 is 0. The first-order valence-electron chi connectivity index (χ1n) is 5.35. The van der Waals surface area contributed by atoms with Gasteiger partial charge in [-0.2, -0.15) is 0 Å². The summed E-state index contributed by atoms with van der Waals surface area (Å²) in [6.07, 6.45) is 0.939. The fourth-order valence-electron chi connectivity index (χ4n) is 1.18. The van der Waals surface area contributed by atoms with Gasteiger partial charge in [0.05, 0.1) is 11.5 Å². The molecule has 0 spiro atoms. The van der Waals surface area contributed by atoms with Crippen LogP contribution in [0.4, 0.5) is 0 Å². The summed E-state index contributed by atoms with van der Waals surface area (Å²) in [6.45, 7) is 1.41. The molecule has 2 N–H and O–H groups in total. The Bertz CT molecular complexity index is 522. The zero-order chi connectivity index (χ0) is 13.6. The third-order valence-electron chi connectivity index (χ3n) is 2.13. The molecule has 0 fully saturated rings. The van der Waals surface area contributed by atoms with Gasteiger partial charge >= 0.3 is 0 Å². The van der Waals surface area contributed by atoms with E-state index in [-0.39, 0.29) is 11.5 Å². The molecule has 0 heterocycles. The quantitative estimate of drug-likeness (QED) is 0.761. The van der Waals surface area contributed by atoms with Crippen molar-refractivity contribution in [3.63, 3.8) is 0 Å². The highest BCUT2D eigenvalue weighted by Crippen LogP contribution is 2.10. The molecule has 0 radical (unpaired) electrons. The lowest BCUT2D eigenvalue weighted by Crippen LogP contribution is -2.33. The van der Waals surface area contributed by atoms with E-state index in [2.05, 4.69) is 5.32 Å². The third kappa shape index (κ3) is 4.31. The summed E-state index contributed by atoms with van der Waals surface area (Å²) in [5.41, 5.74) is 0. The van der Waals surface area contributed by atoms with Crippen molar-refractivity contribution in [1.82, 2.24) is 5.32 Å². The minimum Gasteiger partial charge on any atom is -0.394 e. The summed E-state index contributed by atoms with van der Waals surface area (Å²) in [5.74, 6) is -0.559.